The molecule has 0 aliphatic rings. The van der Waals surface area contributed by atoms with Crippen molar-refractivity contribution >= 4 is 28.8 Å². The summed E-state index contributed by atoms with van der Waals surface area (Å²) in [5, 5.41) is 11.1. The third-order valence-electron chi connectivity index (χ3n) is 3.49. The number of hydrogen-bond donors (Lipinski definition) is 1. The van der Waals surface area contributed by atoms with Crippen molar-refractivity contribution in [3.63, 3.8) is 0 Å². The highest BCUT2D eigenvalue weighted by Crippen LogP contribution is 2.19. The molecule has 0 saturated carbocycles. The number of rotatable bonds is 4. The molecule has 0 atom stereocenters. The predicted molar refractivity (Wildman–Crippen MR) is 101 cm³/mol. The predicted octanol–water partition coefficient (Wildman–Crippen LogP) is 6.06. The van der Waals surface area contributed by atoms with E-state index < -0.39 is 0 Å². The quantitative estimate of drug-likeness (QED) is 0.457. The van der Waals surface area contributed by atoms with Crippen molar-refractivity contribution in [2.45, 2.75) is 0 Å². The van der Waals surface area contributed by atoms with Crippen LogP contribution in [-0.2, 0) is 0 Å². The molecule has 0 radical (unpaired) electrons. The van der Waals surface area contributed by atoms with Crippen LogP contribution in [0, 0.1) is 0 Å². The fourth-order valence-electron chi connectivity index (χ4n) is 2.26. The number of nitrogens with zero attached hydrogens (tertiary/aromatic N) is 1. The lowest BCUT2D eigenvalue weighted by Crippen LogP contribution is -1.98. The summed E-state index contributed by atoms with van der Waals surface area (Å²) < 4.78 is 0. The van der Waals surface area contributed by atoms with Crippen LogP contribution in [0.3, 0.4) is 0 Å². The average molecular weight is 334 g/mol. The Kier molecular flexibility index (Phi) is 5.09. The zero-order chi connectivity index (χ0) is 16.8. The average Bonchev–Trinajstić information content (AvgIpc) is 2.63. The number of para-hydroxylation sites is 1. The van der Waals surface area contributed by atoms with E-state index in [4.69, 9.17) is 11.6 Å². The van der Waals surface area contributed by atoms with E-state index in [0.717, 1.165) is 16.8 Å². The second kappa shape index (κ2) is 7.62. The second-order valence-corrected chi connectivity index (χ2v) is 5.67. The van der Waals surface area contributed by atoms with Crippen LogP contribution in [0.1, 0.15) is 11.1 Å². The van der Waals surface area contributed by atoms with Gasteiger partial charge in [-0.1, -0.05) is 72.3 Å². The number of halogens is 1. The van der Waals surface area contributed by atoms with Gasteiger partial charge < -0.3 is 5.11 Å². The molecule has 0 aliphatic heterocycles. The molecule has 0 aromatic heterocycles. The van der Waals surface area contributed by atoms with E-state index in [1.807, 2.05) is 84.9 Å². The normalized spacial score (nSPS) is 12.2. The molecule has 0 unspecified atom stereocenters. The summed E-state index contributed by atoms with van der Waals surface area (Å²) in [5.41, 5.74) is 3.11. The summed E-state index contributed by atoms with van der Waals surface area (Å²) in [6.07, 6.45) is 1.67. The standard InChI is InChI=1S/C21H16ClNO/c22-18-13-11-16(12-14-18)20(23-19-9-5-2-6-10-19)15-21(24)17-7-3-1-4-8-17/h1-15,24H/b21-15-,23-20-. The van der Waals surface area contributed by atoms with Crippen molar-refractivity contribution < 1.29 is 5.11 Å². The van der Waals surface area contributed by atoms with Crippen LogP contribution in [0.15, 0.2) is 96.0 Å². The van der Waals surface area contributed by atoms with Gasteiger partial charge in [0.15, 0.2) is 0 Å². The van der Waals surface area contributed by atoms with Gasteiger partial charge in [-0.3, -0.25) is 0 Å². The van der Waals surface area contributed by atoms with Crippen LogP contribution >= 0.6 is 11.6 Å². The van der Waals surface area contributed by atoms with Gasteiger partial charge in [0.2, 0.25) is 0 Å². The first-order chi connectivity index (χ1) is 11.7. The Morgan fingerprint density at radius 3 is 1.96 bits per heavy atom. The van der Waals surface area contributed by atoms with Crippen molar-refractivity contribution in [1.29, 1.82) is 0 Å². The molecule has 0 heterocycles. The van der Waals surface area contributed by atoms with E-state index >= 15 is 0 Å². The van der Waals surface area contributed by atoms with Crippen LogP contribution in [-0.4, -0.2) is 10.8 Å². The van der Waals surface area contributed by atoms with Crippen molar-refractivity contribution in [3.05, 3.63) is 107 Å². The lowest BCUT2D eigenvalue weighted by Gasteiger charge is -2.05. The Hall–Kier alpha value is -2.84. The highest BCUT2D eigenvalue weighted by molar-refractivity contribution is 6.30. The van der Waals surface area contributed by atoms with Crippen LogP contribution in [0.2, 0.25) is 5.02 Å². The molecular weight excluding hydrogens is 318 g/mol. The highest BCUT2D eigenvalue weighted by Gasteiger charge is 2.05. The summed E-state index contributed by atoms with van der Waals surface area (Å²) in [6.45, 7) is 0. The molecule has 3 aromatic carbocycles. The molecule has 0 bridgehead atoms. The van der Waals surface area contributed by atoms with E-state index in [1.165, 1.54) is 0 Å². The molecule has 0 amide bonds. The Morgan fingerprint density at radius 2 is 1.33 bits per heavy atom. The zero-order valence-electron chi connectivity index (χ0n) is 12.9. The van der Waals surface area contributed by atoms with E-state index in [-0.39, 0.29) is 5.76 Å². The minimum Gasteiger partial charge on any atom is -0.507 e. The summed E-state index contributed by atoms with van der Waals surface area (Å²) in [6, 6.07) is 26.4. The Labute approximate surface area is 146 Å². The summed E-state index contributed by atoms with van der Waals surface area (Å²) in [5.74, 6) is 0.167. The first kappa shape index (κ1) is 16.0. The molecule has 3 aromatic rings. The Morgan fingerprint density at radius 1 is 0.750 bits per heavy atom. The maximum Gasteiger partial charge on any atom is 0.124 e. The highest BCUT2D eigenvalue weighted by atomic mass is 35.5. The van der Waals surface area contributed by atoms with Crippen molar-refractivity contribution in [2.75, 3.05) is 0 Å². The topological polar surface area (TPSA) is 32.6 Å². The van der Waals surface area contributed by atoms with Crippen molar-refractivity contribution in [3.8, 4) is 0 Å². The summed E-state index contributed by atoms with van der Waals surface area (Å²) in [7, 11) is 0. The summed E-state index contributed by atoms with van der Waals surface area (Å²) >= 11 is 5.97. The van der Waals surface area contributed by atoms with E-state index in [9.17, 15) is 5.11 Å². The van der Waals surface area contributed by atoms with Gasteiger partial charge in [-0.2, -0.15) is 0 Å². The number of aliphatic hydroxyl groups excluding tert-OH is 1. The number of hydrogen-bond acceptors (Lipinski definition) is 2. The smallest absolute Gasteiger partial charge is 0.124 e. The molecule has 0 fully saturated rings. The Balaban J connectivity index is 2.05. The van der Waals surface area contributed by atoms with Gasteiger partial charge in [0.25, 0.3) is 0 Å². The fraction of sp³-hybridized carbons (Fsp3) is 0. The molecule has 0 spiro atoms. The number of allylic oxidation sites excluding steroid dienone is 1. The van der Waals surface area contributed by atoms with Gasteiger partial charge in [-0.15, -0.1) is 0 Å². The van der Waals surface area contributed by atoms with Gasteiger partial charge in [0.05, 0.1) is 11.4 Å². The summed E-state index contributed by atoms with van der Waals surface area (Å²) in [4.78, 5) is 4.66. The molecule has 0 aliphatic carbocycles. The molecule has 118 valence electrons. The van der Waals surface area contributed by atoms with E-state index in [0.29, 0.717) is 10.7 Å². The maximum atomic E-state index is 10.4. The number of benzene rings is 3. The molecule has 24 heavy (non-hydrogen) atoms. The second-order valence-electron chi connectivity index (χ2n) is 5.24. The minimum absolute atomic E-state index is 0.167. The molecule has 0 saturated heterocycles. The zero-order valence-corrected chi connectivity index (χ0v) is 13.7. The van der Waals surface area contributed by atoms with Gasteiger partial charge in [0, 0.05) is 22.2 Å². The lowest BCUT2D eigenvalue weighted by atomic mass is 10.1. The number of aliphatic hydroxyl groups is 1. The van der Waals surface area contributed by atoms with Crippen LogP contribution in [0.5, 0.6) is 0 Å². The van der Waals surface area contributed by atoms with Crippen LogP contribution in [0.25, 0.3) is 5.76 Å². The minimum atomic E-state index is 0.167. The van der Waals surface area contributed by atoms with Crippen molar-refractivity contribution in [1.82, 2.24) is 0 Å². The van der Waals surface area contributed by atoms with Gasteiger partial charge >= 0.3 is 0 Å². The van der Waals surface area contributed by atoms with Gasteiger partial charge in [-0.05, 0) is 24.3 Å². The number of aliphatic imine (C=N–C) groups is 1. The molecule has 2 nitrogen and oxygen atoms in total. The lowest BCUT2D eigenvalue weighted by molar-refractivity contribution is 0.512. The largest absolute Gasteiger partial charge is 0.507 e. The van der Waals surface area contributed by atoms with E-state index in [1.54, 1.807) is 6.08 Å². The third kappa shape index (κ3) is 4.12. The molecular formula is C21H16ClNO. The molecule has 3 heteroatoms. The first-order valence-electron chi connectivity index (χ1n) is 7.58. The SMILES string of the molecule is O/C(=C\C(=N\c1ccccc1)c1ccc(Cl)cc1)c1ccccc1. The molecule has 1 N–H and O–H groups in total. The van der Waals surface area contributed by atoms with E-state index in [2.05, 4.69) is 4.99 Å². The maximum absolute atomic E-state index is 10.4. The third-order valence-corrected chi connectivity index (χ3v) is 3.74. The fourth-order valence-corrected chi connectivity index (χ4v) is 2.39. The van der Waals surface area contributed by atoms with Gasteiger partial charge in [0.1, 0.15) is 5.76 Å². The van der Waals surface area contributed by atoms with Gasteiger partial charge in [-0.25, -0.2) is 4.99 Å². The monoisotopic (exact) mass is 333 g/mol. The molecule has 3 rings (SSSR count). The Bertz CT molecular complexity index is 853. The van der Waals surface area contributed by atoms with Crippen LogP contribution < -0.4 is 0 Å². The van der Waals surface area contributed by atoms with Crippen LogP contribution in [0.4, 0.5) is 5.69 Å². The first-order valence-corrected chi connectivity index (χ1v) is 7.96. The van der Waals surface area contributed by atoms with Crippen molar-refractivity contribution in [2.24, 2.45) is 4.99 Å².